The van der Waals surface area contributed by atoms with Gasteiger partial charge >= 0.3 is 11.6 Å². The summed E-state index contributed by atoms with van der Waals surface area (Å²) in [4.78, 5) is 24.3. The third kappa shape index (κ3) is 4.60. The molecule has 0 spiro atoms. The van der Waals surface area contributed by atoms with E-state index in [-0.39, 0.29) is 16.5 Å². The molecule has 0 amide bonds. The van der Waals surface area contributed by atoms with Gasteiger partial charge in [0.1, 0.15) is 11.3 Å². The SMILES string of the molecule is CCc1cc2c(C)cc(=O)oc2cc1OC(=O)c1ccc(S(=O)(=O)NC(C)C)cc1. The smallest absolute Gasteiger partial charge is 0.343 e. The Hall–Kier alpha value is -2.97. The number of carbonyl (C=O) groups excluding carboxylic acids is 1. The van der Waals surface area contributed by atoms with Crippen molar-refractivity contribution in [2.24, 2.45) is 0 Å². The Morgan fingerprint density at radius 3 is 2.40 bits per heavy atom. The summed E-state index contributed by atoms with van der Waals surface area (Å²) in [5.41, 5.74) is 1.62. The van der Waals surface area contributed by atoms with E-state index in [2.05, 4.69) is 4.72 Å². The minimum absolute atomic E-state index is 0.0601. The van der Waals surface area contributed by atoms with Crippen molar-refractivity contribution >= 4 is 27.0 Å². The van der Waals surface area contributed by atoms with Crippen LogP contribution >= 0.6 is 0 Å². The molecular formula is C22H23NO6S. The molecule has 3 rings (SSSR count). The number of fused-ring (bicyclic) bond motifs is 1. The van der Waals surface area contributed by atoms with E-state index < -0.39 is 21.6 Å². The van der Waals surface area contributed by atoms with Gasteiger partial charge in [0, 0.05) is 23.6 Å². The molecule has 0 aliphatic rings. The lowest BCUT2D eigenvalue weighted by atomic mass is 10.1. The second-order valence-electron chi connectivity index (χ2n) is 7.25. The van der Waals surface area contributed by atoms with Crippen LogP contribution < -0.4 is 15.1 Å². The Bertz CT molecular complexity index is 1260. The number of ether oxygens (including phenoxy) is 1. The molecule has 0 aliphatic heterocycles. The van der Waals surface area contributed by atoms with Crippen molar-refractivity contribution in [2.45, 2.75) is 45.1 Å². The van der Waals surface area contributed by atoms with Crippen LogP contribution in [-0.4, -0.2) is 20.4 Å². The minimum Gasteiger partial charge on any atom is -0.423 e. The second kappa shape index (κ2) is 8.41. The zero-order valence-corrected chi connectivity index (χ0v) is 18.0. The van der Waals surface area contributed by atoms with Crippen molar-refractivity contribution in [3.05, 3.63) is 69.6 Å². The molecule has 0 radical (unpaired) electrons. The van der Waals surface area contributed by atoms with E-state index in [1.165, 1.54) is 36.4 Å². The largest absolute Gasteiger partial charge is 0.423 e. The molecule has 0 aliphatic carbocycles. The van der Waals surface area contributed by atoms with Crippen molar-refractivity contribution in [2.75, 3.05) is 0 Å². The second-order valence-corrected chi connectivity index (χ2v) is 8.96. The third-order valence-corrected chi connectivity index (χ3v) is 6.18. The lowest BCUT2D eigenvalue weighted by Crippen LogP contribution is -2.30. The summed E-state index contributed by atoms with van der Waals surface area (Å²) in [5, 5.41) is 0.776. The van der Waals surface area contributed by atoms with Gasteiger partial charge in [-0.2, -0.15) is 0 Å². The maximum atomic E-state index is 12.6. The zero-order valence-electron chi connectivity index (χ0n) is 17.2. The molecule has 30 heavy (non-hydrogen) atoms. The van der Waals surface area contributed by atoms with E-state index in [9.17, 15) is 18.0 Å². The Kier molecular flexibility index (Phi) is 6.09. The number of hydrogen-bond acceptors (Lipinski definition) is 6. The molecule has 158 valence electrons. The first-order valence-corrected chi connectivity index (χ1v) is 11.0. The van der Waals surface area contributed by atoms with Crippen LogP contribution in [0.15, 0.2) is 56.6 Å². The maximum Gasteiger partial charge on any atom is 0.343 e. The van der Waals surface area contributed by atoms with E-state index in [0.717, 1.165) is 16.5 Å². The number of benzene rings is 2. The molecule has 0 saturated heterocycles. The van der Waals surface area contributed by atoms with Gasteiger partial charge in [0.2, 0.25) is 10.0 Å². The first-order chi connectivity index (χ1) is 14.1. The molecule has 0 bridgehead atoms. The quantitative estimate of drug-likeness (QED) is 0.365. The molecule has 0 unspecified atom stereocenters. The number of carbonyl (C=O) groups is 1. The van der Waals surface area contributed by atoms with Gasteiger partial charge in [-0.25, -0.2) is 22.7 Å². The van der Waals surface area contributed by atoms with Gasteiger partial charge in [-0.1, -0.05) is 6.92 Å². The monoisotopic (exact) mass is 429 g/mol. The van der Waals surface area contributed by atoms with E-state index in [1.54, 1.807) is 13.8 Å². The fraction of sp³-hybridized carbons (Fsp3) is 0.273. The molecule has 8 heteroatoms. The summed E-state index contributed by atoms with van der Waals surface area (Å²) in [6.45, 7) is 7.19. The van der Waals surface area contributed by atoms with E-state index >= 15 is 0 Å². The highest BCUT2D eigenvalue weighted by molar-refractivity contribution is 7.89. The lowest BCUT2D eigenvalue weighted by molar-refractivity contribution is 0.0733. The summed E-state index contributed by atoms with van der Waals surface area (Å²) in [5.74, 6) is -0.346. The van der Waals surface area contributed by atoms with Crippen LogP contribution in [0, 0.1) is 6.92 Å². The van der Waals surface area contributed by atoms with Crippen molar-refractivity contribution in [1.29, 1.82) is 0 Å². The number of hydrogen-bond donors (Lipinski definition) is 1. The predicted octanol–water partition coefficient (Wildman–Crippen LogP) is 3.57. The lowest BCUT2D eigenvalue weighted by Gasteiger charge is -2.12. The molecule has 2 aromatic carbocycles. The Balaban J connectivity index is 1.90. The van der Waals surface area contributed by atoms with Gasteiger partial charge in [0.05, 0.1) is 10.5 Å². The minimum atomic E-state index is -3.65. The van der Waals surface area contributed by atoms with E-state index in [4.69, 9.17) is 9.15 Å². The van der Waals surface area contributed by atoms with Crippen molar-refractivity contribution in [1.82, 2.24) is 4.72 Å². The van der Waals surface area contributed by atoms with Gasteiger partial charge in [-0.15, -0.1) is 0 Å². The first-order valence-electron chi connectivity index (χ1n) is 9.52. The van der Waals surface area contributed by atoms with Crippen LogP contribution in [-0.2, 0) is 16.4 Å². The van der Waals surface area contributed by atoms with Crippen LogP contribution in [0.4, 0.5) is 0 Å². The number of sulfonamides is 1. The Labute approximate surface area is 174 Å². The standard InChI is InChI=1S/C22H23NO6S/c1-5-15-11-18-14(4)10-21(24)28-20(18)12-19(15)29-22(25)16-6-8-17(9-7-16)30(26,27)23-13(2)3/h6-13,23H,5H2,1-4H3. The summed E-state index contributed by atoms with van der Waals surface area (Å²) in [6, 6.07) is 10.0. The highest BCUT2D eigenvalue weighted by atomic mass is 32.2. The molecule has 3 aromatic rings. The molecule has 1 N–H and O–H groups in total. The van der Waals surface area contributed by atoms with Gasteiger partial charge in [-0.3, -0.25) is 0 Å². The van der Waals surface area contributed by atoms with Gasteiger partial charge in [-0.05, 0) is 68.7 Å². The van der Waals surface area contributed by atoms with E-state index in [0.29, 0.717) is 17.8 Å². The Morgan fingerprint density at radius 2 is 1.80 bits per heavy atom. The van der Waals surface area contributed by atoms with Crippen molar-refractivity contribution < 1.29 is 22.4 Å². The van der Waals surface area contributed by atoms with Crippen LogP contribution in [0.3, 0.4) is 0 Å². The molecule has 7 nitrogen and oxygen atoms in total. The summed E-state index contributed by atoms with van der Waals surface area (Å²) >= 11 is 0. The highest BCUT2D eigenvalue weighted by Gasteiger charge is 2.18. The normalized spacial score (nSPS) is 11.8. The maximum absolute atomic E-state index is 12.6. The van der Waals surface area contributed by atoms with Gasteiger partial charge in [0.15, 0.2) is 0 Å². The number of aryl methyl sites for hydroxylation is 2. The van der Waals surface area contributed by atoms with Crippen molar-refractivity contribution in [3.63, 3.8) is 0 Å². The average molecular weight is 429 g/mol. The highest BCUT2D eigenvalue weighted by Crippen LogP contribution is 2.28. The molecule has 1 aromatic heterocycles. The zero-order chi connectivity index (χ0) is 22.1. The molecule has 0 saturated carbocycles. The van der Waals surface area contributed by atoms with Crippen molar-refractivity contribution in [3.8, 4) is 5.75 Å². The summed E-state index contributed by atoms with van der Waals surface area (Å²) < 4.78 is 37.7. The molecule has 1 heterocycles. The number of nitrogens with one attached hydrogen (secondary N) is 1. The predicted molar refractivity (Wildman–Crippen MR) is 113 cm³/mol. The fourth-order valence-electron chi connectivity index (χ4n) is 3.07. The van der Waals surface area contributed by atoms with Crippen LogP contribution in [0.1, 0.15) is 42.3 Å². The van der Waals surface area contributed by atoms with Gasteiger partial charge in [0.25, 0.3) is 0 Å². The van der Waals surface area contributed by atoms with Crippen LogP contribution in [0.25, 0.3) is 11.0 Å². The molecule has 0 atom stereocenters. The fourth-order valence-corrected chi connectivity index (χ4v) is 4.32. The number of esters is 1. The average Bonchev–Trinajstić information content (AvgIpc) is 2.66. The number of rotatable bonds is 6. The van der Waals surface area contributed by atoms with Crippen LogP contribution in [0.2, 0.25) is 0 Å². The van der Waals surface area contributed by atoms with E-state index in [1.807, 2.05) is 19.9 Å². The summed E-state index contributed by atoms with van der Waals surface area (Å²) in [6.07, 6.45) is 0.606. The van der Waals surface area contributed by atoms with Gasteiger partial charge < -0.3 is 9.15 Å². The topological polar surface area (TPSA) is 103 Å². The Morgan fingerprint density at radius 1 is 1.13 bits per heavy atom. The first kappa shape index (κ1) is 21.7. The van der Waals surface area contributed by atoms with Crippen LogP contribution in [0.5, 0.6) is 5.75 Å². The third-order valence-electron chi connectivity index (χ3n) is 4.51. The summed E-state index contributed by atoms with van der Waals surface area (Å²) in [7, 11) is -3.65. The molecular weight excluding hydrogens is 406 g/mol. The molecule has 0 fully saturated rings.